The highest BCUT2D eigenvalue weighted by atomic mass is 16.1. The summed E-state index contributed by atoms with van der Waals surface area (Å²) in [4.78, 5) is 15.5. The summed E-state index contributed by atoms with van der Waals surface area (Å²) >= 11 is 0. The topological polar surface area (TPSA) is 46.9 Å². The van der Waals surface area contributed by atoms with Crippen LogP contribution < -0.4 is 5.32 Å². The van der Waals surface area contributed by atoms with Crippen LogP contribution in [0.1, 0.15) is 30.1 Å². The Morgan fingerprint density at radius 1 is 1.32 bits per heavy atom. The van der Waals surface area contributed by atoms with Gasteiger partial charge in [-0.1, -0.05) is 6.92 Å². The van der Waals surface area contributed by atoms with Gasteiger partial charge in [-0.2, -0.15) is 0 Å². The van der Waals surface area contributed by atoms with Crippen molar-refractivity contribution in [1.82, 2.24) is 9.55 Å². The summed E-state index contributed by atoms with van der Waals surface area (Å²) in [6.07, 6.45) is 7.16. The first-order chi connectivity index (χ1) is 9.29. The molecule has 0 fully saturated rings. The molecular weight excluding hydrogens is 238 g/mol. The molecule has 1 heterocycles. The largest absolute Gasteiger partial charge is 0.385 e. The van der Waals surface area contributed by atoms with Gasteiger partial charge < -0.3 is 9.88 Å². The molecule has 0 aliphatic rings. The second-order valence-corrected chi connectivity index (χ2v) is 4.43. The first-order valence-electron chi connectivity index (χ1n) is 6.62. The number of rotatable bonds is 7. The number of nitrogens with one attached hydrogen (secondary N) is 1. The van der Waals surface area contributed by atoms with Crippen LogP contribution in [0.5, 0.6) is 0 Å². The smallest absolute Gasteiger partial charge is 0.162 e. The quantitative estimate of drug-likeness (QED) is 0.612. The third kappa shape index (κ3) is 3.95. The number of carbonyl (C=O) groups is 1. The lowest BCUT2D eigenvalue weighted by atomic mass is 10.1. The van der Waals surface area contributed by atoms with Gasteiger partial charge >= 0.3 is 0 Å². The zero-order chi connectivity index (χ0) is 13.5. The van der Waals surface area contributed by atoms with E-state index in [1.807, 2.05) is 43.7 Å². The normalized spacial score (nSPS) is 10.4. The number of aryl methyl sites for hydroxylation is 1. The van der Waals surface area contributed by atoms with Gasteiger partial charge in [0, 0.05) is 43.2 Å². The van der Waals surface area contributed by atoms with Crippen LogP contribution >= 0.6 is 0 Å². The minimum Gasteiger partial charge on any atom is -0.385 e. The van der Waals surface area contributed by atoms with Gasteiger partial charge in [0.1, 0.15) is 0 Å². The number of aromatic nitrogens is 2. The number of hydrogen-bond acceptors (Lipinski definition) is 3. The number of Topliss-reactive ketones (excluding diaryl/α,β-unsaturated/α-hetero) is 1. The fraction of sp³-hybridized carbons (Fsp3) is 0.333. The van der Waals surface area contributed by atoms with Crippen LogP contribution in [0.4, 0.5) is 5.69 Å². The molecule has 0 saturated carbocycles. The predicted molar refractivity (Wildman–Crippen MR) is 76.4 cm³/mol. The monoisotopic (exact) mass is 257 g/mol. The fourth-order valence-electron chi connectivity index (χ4n) is 1.89. The highest BCUT2D eigenvalue weighted by molar-refractivity contribution is 5.96. The van der Waals surface area contributed by atoms with Crippen molar-refractivity contribution < 1.29 is 4.79 Å². The van der Waals surface area contributed by atoms with Crippen LogP contribution in [0.15, 0.2) is 43.0 Å². The van der Waals surface area contributed by atoms with Crippen molar-refractivity contribution in [1.29, 1.82) is 0 Å². The molecular formula is C15H19N3O. The maximum atomic E-state index is 11.5. The SMILES string of the molecule is CCC(=O)c1ccc(NCCCn2ccnc2)cc1. The Bertz CT molecular complexity index is 503. The van der Waals surface area contributed by atoms with Crippen molar-refractivity contribution >= 4 is 11.5 Å². The number of carbonyl (C=O) groups excluding carboxylic acids is 1. The van der Waals surface area contributed by atoms with Gasteiger partial charge in [-0.05, 0) is 30.7 Å². The van der Waals surface area contributed by atoms with Crippen molar-refractivity contribution in [2.75, 3.05) is 11.9 Å². The zero-order valence-corrected chi connectivity index (χ0v) is 11.2. The Kier molecular flexibility index (Phi) is 4.72. The molecule has 0 aliphatic carbocycles. The van der Waals surface area contributed by atoms with E-state index in [0.29, 0.717) is 6.42 Å². The predicted octanol–water partition coefficient (Wildman–Crippen LogP) is 2.98. The molecule has 0 bridgehead atoms. The maximum absolute atomic E-state index is 11.5. The Hall–Kier alpha value is -2.10. The van der Waals surface area contributed by atoms with E-state index in [4.69, 9.17) is 0 Å². The number of nitrogens with zero attached hydrogens (tertiary/aromatic N) is 2. The number of imidazole rings is 1. The van der Waals surface area contributed by atoms with Crippen LogP contribution in [0.25, 0.3) is 0 Å². The van der Waals surface area contributed by atoms with Gasteiger partial charge in [0.2, 0.25) is 0 Å². The van der Waals surface area contributed by atoms with Gasteiger partial charge in [0.25, 0.3) is 0 Å². The van der Waals surface area contributed by atoms with E-state index < -0.39 is 0 Å². The summed E-state index contributed by atoms with van der Waals surface area (Å²) in [5.74, 6) is 0.187. The third-order valence-corrected chi connectivity index (χ3v) is 3.01. The number of ketones is 1. The van der Waals surface area contributed by atoms with Crippen molar-refractivity contribution in [3.05, 3.63) is 48.5 Å². The first-order valence-corrected chi connectivity index (χ1v) is 6.62. The van der Waals surface area contributed by atoms with E-state index in [9.17, 15) is 4.79 Å². The lowest BCUT2D eigenvalue weighted by Crippen LogP contribution is -2.06. The molecule has 1 aromatic heterocycles. The standard InChI is InChI=1S/C15H19N3O/c1-2-15(19)13-4-6-14(7-5-13)17-8-3-10-18-11-9-16-12-18/h4-7,9,11-12,17H,2-3,8,10H2,1H3. The van der Waals surface area contributed by atoms with Crippen molar-refractivity contribution in [2.24, 2.45) is 0 Å². The van der Waals surface area contributed by atoms with Crippen LogP contribution in [0, 0.1) is 0 Å². The van der Waals surface area contributed by atoms with Gasteiger partial charge in [-0.25, -0.2) is 4.98 Å². The zero-order valence-electron chi connectivity index (χ0n) is 11.2. The average molecular weight is 257 g/mol. The average Bonchev–Trinajstić information content (AvgIpc) is 2.96. The Morgan fingerprint density at radius 2 is 2.11 bits per heavy atom. The highest BCUT2D eigenvalue weighted by Gasteiger charge is 2.01. The van der Waals surface area contributed by atoms with Crippen LogP contribution in [0.3, 0.4) is 0 Å². The summed E-state index contributed by atoms with van der Waals surface area (Å²) in [7, 11) is 0. The molecule has 2 rings (SSSR count). The molecule has 0 unspecified atom stereocenters. The van der Waals surface area contributed by atoms with E-state index in [1.165, 1.54) is 0 Å². The van der Waals surface area contributed by atoms with E-state index in [-0.39, 0.29) is 5.78 Å². The Labute approximate surface area is 113 Å². The molecule has 1 aromatic carbocycles. The minimum atomic E-state index is 0.187. The summed E-state index contributed by atoms with van der Waals surface area (Å²) in [6.45, 7) is 3.74. The molecule has 4 nitrogen and oxygen atoms in total. The minimum absolute atomic E-state index is 0.187. The fourth-order valence-corrected chi connectivity index (χ4v) is 1.89. The van der Waals surface area contributed by atoms with Crippen LogP contribution in [-0.2, 0) is 6.54 Å². The molecule has 1 N–H and O–H groups in total. The second kappa shape index (κ2) is 6.73. The Balaban J connectivity index is 1.75. The molecule has 19 heavy (non-hydrogen) atoms. The molecule has 100 valence electrons. The third-order valence-electron chi connectivity index (χ3n) is 3.01. The van der Waals surface area contributed by atoms with Crippen molar-refractivity contribution in [3.8, 4) is 0 Å². The highest BCUT2D eigenvalue weighted by Crippen LogP contribution is 2.11. The lowest BCUT2D eigenvalue weighted by Gasteiger charge is -2.07. The summed E-state index contributed by atoms with van der Waals surface area (Å²) in [6, 6.07) is 7.67. The molecule has 0 saturated heterocycles. The van der Waals surface area contributed by atoms with Gasteiger partial charge in [0.05, 0.1) is 6.33 Å². The summed E-state index contributed by atoms with van der Waals surface area (Å²) in [5.41, 5.74) is 1.84. The number of hydrogen-bond donors (Lipinski definition) is 1. The number of anilines is 1. The molecule has 0 spiro atoms. The summed E-state index contributed by atoms with van der Waals surface area (Å²) in [5, 5.41) is 3.35. The maximum Gasteiger partial charge on any atom is 0.162 e. The van der Waals surface area contributed by atoms with Crippen LogP contribution in [-0.4, -0.2) is 21.9 Å². The van der Waals surface area contributed by atoms with Gasteiger partial charge in [-0.3, -0.25) is 4.79 Å². The van der Waals surface area contributed by atoms with E-state index >= 15 is 0 Å². The first kappa shape index (κ1) is 13.3. The summed E-state index contributed by atoms with van der Waals surface area (Å²) < 4.78 is 2.06. The molecule has 0 atom stereocenters. The second-order valence-electron chi connectivity index (χ2n) is 4.43. The van der Waals surface area contributed by atoms with Crippen molar-refractivity contribution in [3.63, 3.8) is 0 Å². The van der Waals surface area contributed by atoms with E-state index in [2.05, 4.69) is 14.9 Å². The Morgan fingerprint density at radius 3 is 2.74 bits per heavy atom. The van der Waals surface area contributed by atoms with Gasteiger partial charge in [-0.15, -0.1) is 0 Å². The van der Waals surface area contributed by atoms with E-state index in [0.717, 1.165) is 30.8 Å². The van der Waals surface area contributed by atoms with Crippen molar-refractivity contribution in [2.45, 2.75) is 26.3 Å². The van der Waals surface area contributed by atoms with Gasteiger partial charge in [0.15, 0.2) is 5.78 Å². The molecule has 4 heteroatoms. The molecule has 0 aliphatic heterocycles. The lowest BCUT2D eigenvalue weighted by molar-refractivity contribution is 0.0988. The molecule has 0 amide bonds. The molecule has 2 aromatic rings. The number of benzene rings is 1. The molecule has 0 radical (unpaired) electrons. The van der Waals surface area contributed by atoms with Crippen LogP contribution in [0.2, 0.25) is 0 Å². The van der Waals surface area contributed by atoms with E-state index in [1.54, 1.807) is 6.20 Å².